The van der Waals surface area contributed by atoms with Crippen molar-refractivity contribution in [2.75, 3.05) is 0 Å². The molecular weight excluding hydrogens is 317 g/mol. The van der Waals surface area contributed by atoms with Gasteiger partial charge >= 0.3 is 0 Å². The molecule has 0 fully saturated rings. The largest absolute Gasteiger partial charge is 0.327 e. The fourth-order valence-electron chi connectivity index (χ4n) is 2.35. The van der Waals surface area contributed by atoms with Crippen LogP contribution in [0.25, 0.3) is 0 Å². The van der Waals surface area contributed by atoms with Gasteiger partial charge in [-0.25, -0.2) is 4.39 Å². The van der Waals surface area contributed by atoms with E-state index >= 15 is 0 Å². The number of halogens is 2. The van der Waals surface area contributed by atoms with E-state index in [-0.39, 0.29) is 11.9 Å². The summed E-state index contributed by atoms with van der Waals surface area (Å²) in [5, 5.41) is 0. The van der Waals surface area contributed by atoms with Crippen molar-refractivity contribution in [3.05, 3.63) is 69.4 Å². The Hall–Kier alpha value is -1.19. The summed E-state index contributed by atoms with van der Waals surface area (Å²) in [6, 6.07) is 13.5. The van der Waals surface area contributed by atoms with Crippen molar-refractivity contribution < 1.29 is 4.39 Å². The second kappa shape index (κ2) is 7.00. The van der Waals surface area contributed by atoms with Crippen LogP contribution in [0.4, 0.5) is 4.39 Å². The lowest BCUT2D eigenvalue weighted by atomic mass is 9.99. The maximum Gasteiger partial charge on any atom is 0.124 e. The molecule has 2 aromatic rings. The molecule has 0 radical (unpaired) electrons. The Morgan fingerprint density at radius 1 is 1.15 bits per heavy atom. The minimum Gasteiger partial charge on any atom is -0.327 e. The molecule has 0 amide bonds. The summed E-state index contributed by atoms with van der Waals surface area (Å²) in [7, 11) is 0. The molecular formula is C17H19BrFN. The van der Waals surface area contributed by atoms with Crippen molar-refractivity contribution in [3.8, 4) is 0 Å². The van der Waals surface area contributed by atoms with Gasteiger partial charge in [0.1, 0.15) is 5.82 Å². The normalized spacial score (nSPS) is 12.4. The minimum absolute atomic E-state index is 0.0456. The van der Waals surface area contributed by atoms with Crippen molar-refractivity contribution in [1.82, 2.24) is 0 Å². The number of benzene rings is 2. The van der Waals surface area contributed by atoms with E-state index < -0.39 is 0 Å². The van der Waals surface area contributed by atoms with Crippen molar-refractivity contribution in [2.45, 2.75) is 32.2 Å². The summed E-state index contributed by atoms with van der Waals surface area (Å²) in [6.45, 7) is 2.09. The number of rotatable bonds is 5. The van der Waals surface area contributed by atoms with Crippen molar-refractivity contribution in [1.29, 1.82) is 0 Å². The zero-order valence-electron chi connectivity index (χ0n) is 11.6. The standard InChI is InChI=1S/C17H19BrFN/c1-12-3-2-4-13(7-12)5-6-17(20)10-14-8-15(18)11-16(19)9-14/h2-4,7-9,11,17H,5-6,10,20H2,1H3. The molecule has 106 valence electrons. The zero-order valence-corrected chi connectivity index (χ0v) is 13.2. The molecule has 0 saturated carbocycles. The molecule has 0 heterocycles. The average Bonchev–Trinajstić information content (AvgIpc) is 2.35. The average molecular weight is 336 g/mol. The van der Waals surface area contributed by atoms with Crippen LogP contribution in [0.5, 0.6) is 0 Å². The molecule has 0 spiro atoms. The van der Waals surface area contributed by atoms with Crippen molar-refractivity contribution in [3.63, 3.8) is 0 Å². The van der Waals surface area contributed by atoms with E-state index in [1.807, 2.05) is 6.07 Å². The number of hydrogen-bond acceptors (Lipinski definition) is 1. The molecule has 2 rings (SSSR count). The summed E-state index contributed by atoms with van der Waals surface area (Å²) in [4.78, 5) is 0. The van der Waals surface area contributed by atoms with Gasteiger partial charge in [0.2, 0.25) is 0 Å². The van der Waals surface area contributed by atoms with E-state index in [4.69, 9.17) is 5.73 Å². The number of nitrogens with two attached hydrogens (primary N) is 1. The van der Waals surface area contributed by atoms with Gasteiger partial charge in [-0.2, -0.15) is 0 Å². The topological polar surface area (TPSA) is 26.0 Å². The maximum atomic E-state index is 13.3. The highest BCUT2D eigenvalue weighted by atomic mass is 79.9. The van der Waals surface area contributed by atoms with Gasteiger partial charge in [0, 0.05) is 10.5 Å². The molecule has 1 unspecified atom stereocenters. The number of aryl methyl sites for hydroxylation is 2. The Bertz CT molecular complexity index is 563. The highest BCUT2D eigenvalue weighted by molar-refractivity contribution is 9.10. The van der Waals surface area contributed by atoms with Gasteiger partial charge < -0.3 is 5.73 Å². The highest BCUT2D eigenvalue weighted by Crippen LogP contribution is 2.17. The van der Waals surface area contributed by atoms with E-state index in [2.05, 4.69) is 47.1 Å². The van der Waals surface area contributed by atoms with Crippen LogP contribution in [0.3, 0.4) is 0 Å². The third-order valence-electron chi connectivity index (χ3n) is 3.31. The Morgan fingerprint density at radius 3 is 2.65 bits per heavy atom. The molecule has 2 N–H and O–H groups in total. The first-order valence-electron chi connectivity index (χ1n) is 6.79. The van der Waals surface area contributed by atoms with E-state index in [0.29, 0.717) is 6.42 Å². The third-order valence-corrected chi connectivity index (χ3v) is 3.76. The van der Waals surface area contributed by atoms with Gasteiger partial charge in [-0.15, -0.1) is 0 Å². The second-order valence-electron chi connectivity index (χ2n) is 5.27. The molecule has 0 saturated heterocycles. The van der Waals surface area contributed by atoms with Gasteiger partial charge in [0.25, 0.3) is 0 Å². The zero-order chi connectivity index (χ0) is 14.5. The van der Waals surface area contributed by atoms with Crippen LogP contribution in [0, 0.1) is 12.7 Å². The number of hydrogen-bond donors (Lipinski definition) is 1. The first-order chi connectivity index (χ1) is 9.52. The molecule has 2 aromatic carbocycles. The van der Waals surface area contributed by atoms with Gasteiger partial charge in [0.15, 0.2) is 0 Å². The highest BCUT2D eigenvalue weighted by Gasteiger charge is 2.07. The van der Waals surface area contributed by atoms with Crippen molar-refractivity contribution >= 4 is 15.9 Å². The van der Waals surface area contributed by atoms with Crippen LogP contribution < -0.4 is 5.73 Å². The second-order valence-corrected chi connectivity index (χ2v) is 6.19. The van der Waals surface area contributed by atoms with Crippen LogP contribution in [0.1, 0.15) is 23.1 Å². The smallest absolute Gasteiger partial charge is 0.124 e. The first-order valence-corrected chi connectivity index (χ1v) is 7.58. The lowest BCUT2D eigenvalue weighted by molar-refractivity contribution is 0.598. The molecule has 0 bridgehead atoms. The summed E-state index contributed by atoms with van der Waals surface area (Å²) < 4.78 is 14.1. The molecule has 20 heavy (non-hydrogen) atoms. The summed E-state index contributed by atoms with van der Waals surface area (Å²) in [5.74, 6) is -0.222. The predicted octanol–water partition coefficient (Wildman–Crippen LogP) is 4.40. The Labute approximate surface area is 128 Å². The van der Waals surface area contributed by atoms with E-state index in [1.54, 1.807) is 6.07 Å². The van der Waals surface area contributed by atoms with Gasteiger partial charge in [-0.05, 0) is 55.5 Å². The fourth-order valence-corrected chi connectivity index (χ4v) is 2.87. The van der Waals surface area contributed by atoms with E-state index in [1.165, 1.54) is 17.2 Å². The SMILES string of the molecule is Cc1cccc(CCC(N)Cc2cc(F)cc(Br)c2)c1. The molecule has 0 aliphatic carbocycles. The fraction of sp³-hybridized carbons (Fsp3) is 0.294. The predicted molar refractivity (Wildman–Crippen MR) is 85.3 cm³/mol. The Balaban J connectivity index is 1.90. The molecule has 1 nitrogen and oxygen atoms in total. The van der Waals surface area contributed by atoms with Crippen LogP contribution in [-0.4, -0.2) is 6.04 Å². The first kappa shape index (κ1) is 15.2. The lowest BCUT2D eigenvalue weighted by Gasteiger charge is -2.12. The summed E-state index contributed by atoms with van der Waals surface area (Å²) >= 11 is 3.31. The van der Waals surface area contributed by atoms with Crippen LogP contribution in [0.15, 0.2) is 46.9 Å². The molecule has 0 aliphatic rings. The van der Waals surface area contributed by atoms with Crippen LogP contribution in [0.2, 0.25) is 0 Å². The van der Waals surface area contributed by atoms with Crippen LogP contribution >= 0.6 is 15.9 Å². The monoisotopic (exact) mass is 335 g/mol. The minimum atomic E-state index is -0.222. The third kappa shape index (κ3) is 4.73. The lowest BCUT2D eigenvalue weighted by Crippen LogP contribution is -2.23. The Morgan fingerprint density at radius 2 is 1.95 bits per heavy atom. The van der Waals surface area contributed by atoms with Gasteiger partial charge in [-0.1, -0.05) is 45.8 Å². The molecule has 0 aromatic heterocycles. The quantitative estimate of drug-likeness (QED) is 0.860. The molecule has 0 aliphatic heterocycles. The van der Waals surface area contributed by atoms with E-state index in [9.17, 15) is 4.39 Å². The van der Waals surface area contributed by atoms with Gasteiger partial charge in [0.05, 0.1) is 0 Å². The molecule has 1 atom stereocenters. The summed E-state index contributed by atoms with van der Waals surface area (Å²) in [5.41, 5.74) is 9.67. The van der Waals surface area contributed by atoms with E-state index in [0.717, 1.165) is 22.9 Å². The van der Waals surface area contributed by atoms with Crippen molar-refractivity contribution in [2.24, 2.45) is 5.73 Å². The van der Waals surface area contributed by atoms with Gasteiger partial charge in [-0.3, -0.25) is 0 Å². The maximum absolute atomic E-state index is 13.3. The Kier molecular flexibility index (Phi) is 5.32. The molecule has 3 heteroatoms. The summed E-state index contributed by atoms with van der Waals surface area (Å²) in [6.07, 6.45) is 2.55. The van der Waals surface area contributed by atoms with Crippen LogP contribution in [-0.2, 0) is 12.8 Å².